The lowest BCUT2D eigenvalue weighted by Gasteiger charge is -2.18. The molecule has 94 valence electrons. The van der Waals surface area contributed by atoms with Crippen molar-refractivity contribution >= 4 is 0 Å². The molecule has 0 aliphatic carbocycles. The Kier molecular flexibility index (Phi) is 3.19. The topological polar surface area (TPSA) is 91.9 Å². The SMILES string of the molecule is Cc1c(O)c(=O)ccn1[C@@H]1C[C@H](O)[C@@H](CO)O1. The maximum absolute atomic E-state index is 11.2. The summed E-state index contributed by atoms with van der Waals surface area (Å²) in [5.74, 6) is -0.321. The van der Waals surface area contributed by atoms with Gasteiger partial charge in [0.1, 0.15) is 12.3 Å². The summed E-state index contributed by atoms with van der Waals surface area (Å²) in [5, 5.41) is 28.1. The summed E-state index contributed by atoms with van der Waals surface area (Å²) in [6.07, 6.45) is -0.0243. The number of aromatic nitrogens is 1. The summed E-state index contributed by atoms with van der Waals surface area (Å²) in [4.78, 5) is 11.2. The van der Waals surface area contributed by atoms with Crippen LogP contribution < -0.4 is 5.43 Å². The van der Waals surface area contributed by atoms with Gasteiger partial charge in [-0.15, -0.1) is 0 Å². The highest BCUT2D eigenvalue weighted by Crippen LogP contribution is 2.30. The van der Waals surface area contributed by atoms with E-state index >= 15 is 0 Å². The van der Waals surface area contributed by atoms with Crippen molar-refractivity contribution in [3.05, 3.63) is 28.2 Å². The quantitative estimate of drug-likeness (QED) is 0.649. The van der Waals surface area contributed by atoms with Gasteiger partial charge in [-0.2, -0.15) is 0 Å². The summed E-state index contributed by atoms with van der Waals surface area (Å²) in [6, 6.07) is 1.24. The number of pyridine rings is 1. The molecule has 0 spiro atoms. The van der Waals surface area contributed by atoms with E-state index in [1.807, 2.05) is 0 Å². The minimum atomic E-state index is -0.744. The van der Waals surface area contributed by atoms with Gasteiger partial charge in [-0.3, -0.25) is 4.79 Å². The summed E-state index contributed by atoms with van der Waals surface area (Å²) >= 11 is 0. The number of nitrogens with zero attached hydrogens (tertiary/aromatic N) is 1. The normalized spacial score (nSPS) is 28.5. The average molecular weight is 241 g/mol. The predicted molar refractivity (Wildman–Crippen MR) is 58.7 cm³/mol. The number of hydrogen-bond acceptors (Lipinski definition) is 5. The van der Waals surface area contributed by atoms with Crippen molar-refractivity contribution in [2.75, 3.05) is 6.61 Å². The summed E-state index contributed by atoms with van der Waals surface area (Å²) < 4.78 is 7.01. The number of rotatable bonds is 2. The van der Waals surface area contributed by atoms with Crippen LogP contribution in [0, 0.1) is 6.92 Å². The molecule has 2 heterocycles. The minimum absolute atomic E-state index is 0.261. The van der Waals surface area contributed by atoms with Crippen LogP contribution in [0.1, 0.15) is 18.3 Å². The number of aliphatic hydroxyl groups is 2. The molecule has 0 bridgehead atoms. The van der Waals surface area contributed by atoms with E-state index in [2.05, 4.69) is 0 Å². The molecule has 3 atom stereocenters. The molecule has 0 saturated carbocycles. The number of aliphatic hydroxyl groups excluding tert-OH is 2. The third-order valence-corrected chi connectivity index (χ3v) is 3.04. The molecule has 0 amide bonds. The molecular weight excluding hydrogens is 226 g/mol. The Balaban J connectivity index is 2.31. The van der Waals surface area contributed by atoms with Crippen LogP contribution >= 0.6 is 0 Å². The third-order valence-electron chi connectivity index (χ3n) is 3.04. The first-order chi connectivity index (χ1) is 8.04. The first-order valence-corrected chi connectivity index (χ1v) is 5.39. The second-order valence-electron chi connectivity index (χ2n) is 4.14. The lowest BCUT2D eigenvalue weighted by Crippen LogP contribution is -2.24. The zero-order chi connectivity index (χ0) is 12.6. The van der Waals surface area contributed by atoms with Gasteiger partial charge in [0, 0.05) is 18.7 Å². The molecule has 1 aliphatic heterocycles. The van der Waals surface area contributed by atoms with Crippen molar-refractivity contribution < 1.29 is 20.1 Å². The van der Waals surface area contributed by atoms with E-state index in [0.29, 0.717) is 12.1 Å². The molecule has 0 radical (unpaired) electrons. The summed E-state index contributed by atoms with van der Waals surface area (Å²) in [6.45, 7) is 1.33. The van der Waals surface area contributed by atoms with Crippen molar-refractivity contribution in [3.8, 4) is 5.75 Å². The molecule has 3 N–H and O–H groups in total. The van der Waals surface area contributed by atoms with E-state index in [0.717, 1.165) is 0 Å². The van der Waals surface area contributed by atoms with Gasteiger partial charge in [0.25, 0.3) is 0 Å². The van der Waals surface area contributed by atoms with E-state index < -0.39 is 23.9 Å². The molecule has 0 unspecified atom stereocenters. The van der Waals surface area contributed by atoms with Gasteiger partial charge in [-0.05, 0) is 6.92 Å². The van der Waals surface area contributed by atoms with E-state index in [1.165, 1.54) is 12.3 Å². The molecule has 2 rings (SSSR count). The van der Waals surface area contributed by atoms with E-state index in [9.17, 15) is 15.0 Å². The molecule has 1 fully saturated rings. The van der Waals surface area contributed by atoms with Crippen LogP contribution in [0.25, 0.3) is 0 Å². The zero-order valence-electron chi connectivity index (χ0n) is 9.41. The first kappa shape index (κ1) is 12.1. The van der Waals surface area contributed by atoms with Gasteiger partial charge in [0.05, 0.1) is 18.4 Å². The van der Waals surface area contributed by atoms with Gasteiger partial charge >= 0.3 is 0 Å². The molecule has 6 heteroatoms. The van der Waals surface area contributed by atoms with Crippen molar-refractivity contribution in [2.45, 2.75) is 31.8 Å². The van der Waals surface area contributed by atoms with Crippen LogP contribution in [0.5, 0.6) is 5.75 Å². The highest BCUT2D eigenvalue weighted by atomic mass is 16.5. The van der Waals surface area contributed by atoms with Crippen molar-refractivity contribution in [1.29, 1.82) is 0 Å². The molecular formula is C11H15NO5. The van der Waals surface area contributed by atoms with Crippen LogP contribution in [-0.4, -0.2) is 38.7 Å². The molecule has 1 aromatic rings. The Labute approximate surface area is 97.7 Å². The lowest BCUT2D eigenvalue weighted by atomic mass is 10.2. The average Bonchev–Trinajstić information content (AvgIpc) is 2.67. The van der Waals surface area contributed by atoms with Crippen LogP contribution in [-0.2, 0) is 4.74 Å². The molecule has 1 saturated heterocycles. The summed E-state index contributed by atoms with van der Waals surface area (Å²) in [7, 11) is 0. The van der Waals surface area contributed by atoms with Crippen molar-refractivity contribution in [3.63, 3.8) is 0 Å². The molecule has 1 aromatic heterocycles. The number of ether oxygens (including phenoxy) is 1. The Hall–Kier alpha value is -1.37. The Morgan fingerprint density at radius 1 is 1.59 bits per heavy atom. The maximum Gasteiger partial charge on any atom is 0.223 e. The fourth-order valence-electron chi connectivity index (χ4n) is 2.00. The second-order valence-corrected chi connectivity index (χ2v) is 4.14. The van der Waals surface area contributed by atoms with Crippen molar-refractivity contribution in [1.82, 2.24) is 4.57 Å². The van der Waals surface area contributed by atoms with Crippen LogP contribution in [0.4, 0.5) is 0 Å². The fraction of sp³-hybridized carbons (Fsp3) is 0.545. The lowest BCUT2D eigenvalue weighted by molar-refractivity contribution is -0.0452. The number of hydrogen-bond donors (Lipinski definition) is 3. The van der Waals surface area contributed by atoms with Gasteiger partial charge in [0.2, 0.25) is 5.43 Å². The van der Waals surface area contributed by atoms with E-state index in [4.69, 9.17) is 9.84 Å². The highest BCUT2D eigenvalue weighted by molar-refractivity contribution is 5.25. The Morgan fingerprint density at radius 3 is 2.88 bits per heavy atom. The standard InChI is InChI=1S/C11H15NO5/c1-6-11(16)7(14)2-3-12(6)10-4-8(15)9(5-13)17-10/h2-3,8-10,13,15-16H,4-5H2,1H3/t8-,9+,10-/m0/s1. The molecule has 17 heavy (non-hydrogen) atoms. The van der Waals surface area contributed by atoms with Gasteiger partial charge < -0.3 is 24.6 Å². The monoisotopic (exact) mass is 241 g/mol. The van der Waals surface area contributed by atoms with Gasteiger partial charge in [0.15, 0.2) is 5.75 Å². The summed E-state index contributed by atoms with van der Waals surface area (Å²) in [5.41, 5.74) is -0.0655. The zero-order valence-corrected chi connectivity index (χ0v) is 9.41. The maximum atomic E-state index is 11.2. The van der Waals surface area contributed by atoms with Crippen LogP contribution in [0.15, 0.2) is 17.1 Å². The van der Waals surface area contributed by atoms with E-state index in [-0.39, 0.29) is 12.4 Å². The third kappa shape index (κ3) is 2.06. The molecule has 0 aromatic carbocycles. The Morgan fingerprint density at radius 2 is 2.29 bits per heavy atom. The smallest absolute Gasteiger partial charge is 0.223 e. The van der Waals surface area contributed by atoms with Gasteiger partial charge in [-0.25, -0.2) is 0 Å². The minimum Gasteiger partial charge on any atom is -0.503 e. The van der Waals surface area contributed by atoms with Crippen LogP contribution in [0.3, 0.4) is 0 Å². The molecule has 1 aliphatic rings. The Bertz CT molecular complexity index is 469. The van der Waals surface area contributed by atoms with Crippen molar-refractivity contribution in [2.24, 2.45) is 0 Å². The van der Waals surface area contributed by atoms with E-state index in [1.54, 1.807) is 11.5 Å². The number of aromatic hydroxyl groups is 1. The largest absolute Gasteiger partial charge is 0.503 e. The second kappa shape index (κ2) is 4.48. The molecule has 6 nitrogen and oxygen atoms in total. The van der Waals surface area contributed by atoms with Crippen LogP contribution in [0.2, 0.25) is 0 Å². The fourth-order valence-corrected chi connectivity index (χ4v) is 2.00. The first-order valence-electron chi connectivity index (χ1n) is 5.39. The van der Waals surface area contributed by atoms with Gasteiger partial charge in [-0.1, -0.05) is 0 Å². The predicted octanol–water partition coefficient (Wildman–Crippen LogP) is -0.497. The highest BCUT2D eigenvalue weighted by Gasteiger charge is 2.34.